The van der Waals surface area contributed by atoms with Gasteiger partial charge in [-0.3, -0.25) is 0 Å². The molecule has 0 heterocycles. The van der Waals surface area contributed by atoms with Crippen molar-refractivity contribution in [3.63, 3.8) is 0 Å². The average Bonchev–Trinajstić information content (AvgIpc) is 2.46. The molecule has 0 saturated carbocycles. The first-order chi connectivity index (χ1) is 10.3. The molecule has 0 aromatic heterocycles. The predicted molar refractivity (Wildman–Crippen MR) is 79.0 cm³/mol. The van der Waals surface area contributed by atoms with Gasteiger partial charge in [0, 0.05) is 0 Å². The summed E-state index contributed by atoms with van der Waals surface area (Å²) in [6, 6.07) is 6.00. The van der Waals surface area contributed by atoms with E-state index in [1.54, 1.807) is 19.1 Å². The molecule has 0 fully saturated rings. The molecule has 0 aliphatic heterocycles. The number of carbonyl (C=O) groups excluding carboxylic acids is 2. The molecule has 7 nitrogen and oxygen atoms in total. The van der Waals surface area contributed by atoms with Crippen LogP contribution in [-0.2, 0) is 29.1 Å². The van der Waals surface area contributed by atoms with Crippen molar-refractivity contribution in [1.29, 1.82) is 0 Å². The number of rotatable bonds is 6. The zero-order valence-electron chi connectivity index (χ0n) is 12.5. The van der Waals surface area contributed by atoms with Gasteiger partial charge in [-0.25, -0.2) is 9.59 Å². The van der Waals surface area contributed by atoms with Gasteiger partial charge in [-0.05, 0) is 32.9 Å². The molecule has 8 heteroatoms. The molecule has 0 aliphatic carbocycles. The molecule has 0 radical (unpaired) electrons. The molecule has 0 aliphatic rings. The van der Waals surface area contributed by atoms with Gasteiger partial charge in [-0.15, -0.1) is 0 Å². The standard InChI is InChI=1S/C14H17NO6S/c1-4-20-14(17)11(3)21-13(16)9-15-22(18,19)12-7-5-10(2)6-8-12/h5-9,11H,4H2,1-3H3/b15-9-/t11-/m1/s1. The summed E-state index contributed by atoms with van der Waals surface area (Å²) < 4.78 is 36.3. The molecule has 1 aromatic rings. The van der Waals surface area contributed by atoms with Crippen LogP contribution in [0.25, 0.3) is 0 Å². The van der Waals surface area contributed by atoms with E-state index in [2.05, 4.69) is 13.9 Å². The Labute approximate surface area is 129 Å². The van der Waals surface area contributed by atoms with Gasteiger partial charge in [-0.1, -0.05) is 17.7 Å². The Morgan fingerprint density at radius 2 is 1.86 bits per heavy atom. The maximum Gasteiger partial charge on any atom is 0.351 e. The third-order valence-electron chi connectivity index (χ3n) is 2.53. The Morgan fingerprint density at radius 1 is 1.27 bits per heavy atom. The Kier molecular flexibility index (Phi) is 6.24. The first kappa shape index (κ1) is 17.8. The third-order valence-corrected chi connectivity index (χ3v) is 3.78. The van der Waals surface area contributed by atoms with Crippen LogP contribution in [0.1, 0.15) is 19.4 Å². The lowest BCUT2D eigenvalue weighted by molar-refractivity contribution is -0.162. The first-order valence-electron chi connectivity index (χ1n) is 6.50. The number of sulfonamides is 1. The normalized spacial score (nSPS) is 12.9. The molecule has 0 N–H and O–H groups in total. The predicted octanol–water partition coefficient (Wildman–Crippen LogP) is 1.25. The van der Waals surface area contributed by atoms with E-state index in [0.29, 0.717) is 6.21 Å². The van der Waals surface area contributed by atoms with Gasteiger partial charge in [0.15, 0.2) is 6.10 Å². The number of aryl methyl sites for hydroxylation is 1. The lowest BCUT2D eigenvalue weighted by Crippen LogP contribution is -2.26. The van der Waals surface area contributed by atoms with Crippen molar-refractivity contribution >= 4 is 28.2 Å². The van der Waals surface area contributed by atoms with Gasteiger partial charge in [-0.2, -0.15) is 12.8 Å². The van der Waals surface area contributed by atoms with Gasteiger partial charge < -0.3 is 9.47 Å². The molecule has 0 bridgehead atoms. The third kappa shape index (κ3) is 5.28. The molecule has 1 aromatic carbocycles. The molecule has 22 heavy (non-hydrogen) atoms. The maximum atomic E-state index is 11.9. The van der Waals surface area contributed by atoms with E-state index in [9.17, 15) is 18.0 Å². The van der Waals surface area contributed by atoms with Gasteiger partial charge >= 0.3 is 11.9 Å². The molecule has 1 atom stereocenters. The molecule has 120 valence electrons. The van der Waals surface area contributed by atoms with Crippen molar-refractivity contribution in [3.05, 3.63) is 29.8 Å². The van der Waals surface area contributed by atoms with Crippen molar-refractivity contribution in [1.82, 2.24) is 0 Å². The topological polar surface area (TPSA) is 99.1 Å². The molecular formula is C14H17NO6S. The van der Waals surface area contributed by atoms with E-state index in [1.807, 2.05) is 6.92 Å². The van der Waals surface area contributed by atoms with Crippen LogP contribution in [0.5, 0.6) is 0 Å². The van der Waals surface area contributed by atoms with E-state index < -0.39 is 28.1 Å². The number of hydrogen-bond donors (Lipinski definition) is 0. The van der Waals surface area contributed by atoms with Crippen LogP contribution in [0.4, 0.5) is 0 Å². The smallest absolute Gasteiger partial charge is 0.351 e. The summed E-state index contributed by atoms with van der Waals surface area (Å²) in [5.41, 5.74) is 0.894. The number of hydrogen-bond acceptors (Lipinski definition) is 6. The number of benzene rings is 1. The highest BCUT2D eigenvalue weighted by molar-refractivity contribution is 7.90. The largest absolute Gasteiger partial charge is 0.463 e. The number of ether oxygens (including phenoxy) is 2. The number of esters is 2. The first-order valence-corrected chi connectivity index (χ1v) is 7.94. The van der Waals surface area contributed by atoms with Crippen molar-refractivity contribution in [3.8, 4) is 0 Å². The molecular weight excluding hydrogens is 310 g/mol. The fourth-order valence-electron chi connectivity index (χ4n) is 1.40. The highest BCUT2D eigenvalue weighted by Gasteiger charge is 2.19. The SMILES string of the molecule is CCOC(=O)[C@@H](C)OC(=O)/C=N\S(=O)(=O)c1ccc(C)cc1. The van der Waals surface area contributed by atoms with Crippen LogP contribution in [0.3, 0.4) is 0 Å². The average molecular weight is 327 g/mol. The molecule has 1 rings (SSSR count). The summed E-state index contributed by atoms with van der Waals surface area (Å²) in [6.07, 6.45) is -0.619. The quantitative estimate of drug-likeness (QED) is 0.576. The molecule has 0 saturated heterocycles. The van der Waals surface area contributed by atoms with Crippen molar-refractivity contribution in [2.75, 3.05) is 6.61 Å². The van der Waals surface area contributed by atoms with Crippen molar-refractivity contribution in [2.45, 2.75) is 31.8 Å². The second-order valence-electron chi connectivity index (χ2n) is 4.35. The highest BCUT2D eigenvalue weighted by atomic mass is 32.2. The summed E-state index contributed by atoms with van der Waals surface area (Å²) >= 11 is 0. The minimum Gasteiger partial charge on any atom is -0.463 e. The van der Waals surface area contributed by atoms with E-state index in [0.717, 1.165) is 5.56 Å². The van der Waals surface area contributed by atoms with Gasteiger partial charge in [0.2, 0.25) is 0 Å². The number of carbonyl (C=O) groups is 2. The molecule has 0 amide bonds. The zero-order valence-corrected chi connectivity index (χ0v) is 13.3. The second-order valence-corrected chi connectivity index (χ2v) is 5.99. The summed E-state index contributed by atoms with van der Waals surface area (Å²) in [4.78, 5) is 22.7. The molecule has 0 spiro atoms. The lowest BCUT2D eigenvalue weighted by atomic mass is 10.2. The Bertz CT molecular complexity index is 663. The van der Waals surface area contributed by atoms with Gasteiger partial charge in [0.05, 0.1) is 11.5 Å². The monoisotopic (exact) mass is 327 g/mol. The summed E-state index contributed by atoms with van der Waals surface area (Å²) in [7, 11) is -3.99. The van der Waals surface area contributed by atoms with Crippen LogP contribution < -0.4 is 0 Å². The van der Waals surface area contributed by atoms with Crippen LogP contribution in [0, 0.1) is 6.92 Å². The molecule has 0 unspecified atom stereocenters. The summed E-state index contributed by atoms with van der Waals surface area (Å²) in [5.74, 6) is -1.76. The minimum absolute atomic E-state index is 0.0411. The summed E-state index contributed by atoms with van der Waals surface area (Å²) in [5, 5.41) is 0. The van der Waals surface area contributed by atoms with Crippen LogP contribution in [-0.4, -0.2) is 39.3 Å². The second kappa shape index (κ2) is 7.69. The van der Waals surface area contributed by atoms with Crippen molar-refractivity contribution < 1.29 is 27.5 Å². The lowest BCUT2D eigenvalue weighted by Gasteiger charge is -2.09. The van der Waals surface area contributed by atoms with E-state index in [1.165, 1.54) is 19.1 Å². The Hall–Kier alpha value is -2.22. The fraction of sp³-hybridized carbons (Fsp3) is 0.357. The van der Waals surface area contributed by atoms with E-state index in [-0.39, 0.29) is 11.5 Å². The van der Waals surface area contributed by atoms with Gasteiger partial charge in [0.25, 0.3) is 10.0 Å². The van der Waals surface area contributed by atoms with E-state index >= 15 is 0 Å². The van der Waals surface area contributed by atoms with E-state index in [4.69, 9.17) is 0 Å². The van der Waals surface area contributed by atoms with Crippen LogP contribution in [0.2, 0.25) is 0 Å². The Balaban J connectivity index is 2.72. The fourth-order valence-corrected chi connectivity index (χ4v) is 2.22. The highest BCUT2D eigenvalue weighted by Crippen LogP contribution is 2.12. The van der Waals surface area contributed by atoms with Gasteiger partial charge in [0.1, 0.15) is 6.21 Å². The van der Waals surface area contributed by atoms with Crippen LogP contribution >= 0.6 is 0 Å². The number of nitrogens with zero attached hydrogens (tertiary/aromatic N) is 1. The summed E-state index contributed by atoms with van der Waals surface area (Å²) in [6.45, 7) is 4.89. The van der Waals surface area contributed by atoms with Crippen molar-refractivity contribution in [2.24, 2.45) is 4.40 Å². The Morgan fingerprint density at radius 3 is 2.41 bits per heavy atom. The van der Waals surface area contributed by atoms with Crippen LogP contribution in [0.15, 0.2) is 33.6 Å². The maximum absolute atomic E-state index is 11.9. The minimum atomic E-state index is -3.99. The zero-order chi connectivity index (χ0) is 16.8.